The molecule has 0 saturated carbocycles. The molecular weight excluding hydrogens is 332 g/mol. The van der Waals surface area contributed by atoms with Gasteiger partial charge in [0.05, 0.1) is 11.1 Å². The predicted octanol–water partition coefficient (Wildman–Crippen LogP) is 0.250. The summed E-state index contributed by atoms with van der Waals surface area (Å²) < 4.78 is 26.4. The molecule has 0 amide bonds. The van der Waals surface area contributed by atoms with Gasteiger partial charge in [0, 0.05) is 43.7 Å². The summed E-state index contributed by atoms with van der Waals surface area (Å²) in [6, 6.07) is 7.35. The standard InChI is InChI=1S/C15H24N4O2S2/c1-23(20,21)13-4-2-11(3-5-13)14-9-16-10-15(19-14)17-8-12-6-7-18-22-12/h2-5,12,14-19H,6-10H2,1H3. The van der Waals surface area contributed by atoms with Gasteiger partial charge in [-0.2, -0.15) is 0 Å². The fourth-order valence-corrected chi connectivity index (χ4v) is 4.42. The lowest BCUT2D eigenvalue weighted by molar-refractivity contribution is 0.301. The van der Waals surface area contributed by atoms with Crippen LogP contribution >= 0.6 is 11.9 Å². The number of hydrogen-bond donors (Lipinski definition) is 4. The molecule has 128 valence electrons. The Labute approximate surface area is 142 Å². The molecule has 1 aromatic rings. The molecule has 2 heterocycles. The number of rotatable bonds is 5. The lowest BCUT2D eigenvalue weighted by Crippen LogP contribution is -2.57. The zero-order chi connectivity index (χ0) is 16.3. The van der Waals surface area contributed by atoms with Crippen LogP contribution < -0.4 is 20.7 Å². The largest absolute Gasteiger partial charge is 0.312 e. The van der Waals surface area contributed by atoms with Gasteiger partial charge in [-0.3, -0.25) is 15.4 Å². The average molecular weight is 357 g/mol. The summed E-state index contributed by atoms with van der Waals surface area (Å²) in [7, 11) is -3.14. The molecule has 0 bridgehead atoms. The predicted molar refractivity (Wildman–Crippen MR) is 94.1 cm³/mol. The number of nitrogens with one attached hydrogen (secondary N) is 4. The van der Waals surface area contributed by atoms with Crippen LogP contribution in [-0.4, -0.2) is 52.3 Å². The van der Waals surface area contributed by atoms with Crippen LogP contribution in [0.15, 0.2) is 29.2 Å². The van der Waals surface area contributed by atoms with Gasteiger partial charge < -0.3 is 5.32 Å². The van der Waals surface area contributed by atoms with Crippen LogP contribution in [0.4, 0.5) is 0 Å². The number of hydrogen-bond acceptors (Lipinski definition) is 7. The molecule has 4 N–H and O–H groups in total. The van der Waals surface area contributed by atoms with E-state index in [0.717, 1.165) is 31.7 Å². The van der Waals surface area contributed by atoms with Crippen LogP contribution in [0.5, 0.6) is 0 Å². The van der Waals surface area contributed by atoms with E-state index in [1.807, 2.05) is 24.1 Å². The van der Waals surface area contributed by atoms with Crippen LogP contribution in [0.3, 0.4) is 0 Å². The highest BCUT2D eigenvalue weighted by atomic mass is 32.2. The van der Waals surface area contributed by atoms with Crippen LogP contribution in [0.2, 0.25) is 0 Å². The third kappa shape index (κ3) is 4.68. The van der Waals surface area contributed by atoms with Crippen molar-refractivity contribution in [2.45, 2.75) is 28.8 Å². The van der Waals surface area contributed by atoms with Crippen molar-refractivity contribution in [3.63, 3.8) is 0 Å². The zero-order valence-corrected chi connectivity index (χ0v) is 14.8. The van der Waals surface area contributed by atoms with E-state index in [2.05, 4.69) is 20.7 Å². The molecule has 6 nitrogen and oxygen atoms in total. The summed E-state index contributed by atoms with van der Waals surface area (Å²) in [6.07, 6.45) is 2.66. The van der Waals surface area contributed by atoms with Crippen LogP contribution in [0.1, 0.15) is 18.0 Å². The minimum absolute atomic E-state index is 0.184. The Hall–Kier alpha value is -0.640. The van der Waals surface area contributed by atoms with E-state index in [1.54, 1.807) is 12.1 Å². The zero-order valence-electron chi connectivity index (χ0n) is 13.2. The third-order valence-electron chi connectivity index (χ3n) is 4.22. The van der Waals surface area contributed by atoms with Crippen molar-refractivity contribution in [3.05, 3.63) is 29.8 Å². The van der Waals surface area contributed by atoms with Crippen molar-refractivity contribution < 1.29 is 8.42 Å². The molecule has 0 aliphatic carbocycles. The molecule has 3 unspecified atom stereocenters. The Morgan fingerprint density at radius 2 is 2.04 bits per heavy atom. The van der Waals surface area contributed by atoms with E-state index < -0.39 is 9.84 Å². The van der Waals surface area contributed by atoms with Gasteiger partial charge in [-0.25, -0.2) is 8.42 Å². The maximum absolute atomic E-state index is 11.5. The second kappa shape index (κ2) is 7.50. The molecule has 3 rings (SSSR count). The van der Waals surface area contributed by atoms with Crippen molar-refractivity contribution in [2.24, 2.45) is 0 Å². The molecule has 0 spiro atoms. The monoisotopic (exact) mass is 356 g/mol. The van der Waals surface area contributed by atoms with Crippen LogP contribution in [0.25, 0.3) is 0 Å². The van der Waals surface area contributed by atoms with Gasteiger partial charge in [0.2, 0.25) is 0 Å². The summed E-state index contributed by atoms with van der Waals surface area (Å²) in [5, 5.41) is 11.2. The third-order valence-corrected chi connectivity index (χ3v) is 6.46. The molecular formula is C15H24N4O2S2. The molecule has 8 heteroatoms. The first-order valence-electron chi connectivity index (χ1n) is 7.91. The number of piperazine rings is 1. The van der Waals surface area contributed by atoms with Crippen molar-refractivity contribution in [3.8, 4) is 0 Å². The van der Waals surface area contributed by atoms with E-state index in [-0.39, 0.29) is 12.2 Å². The Bertz CT molecular complexity index is 615. The Balaban J connectivity index is 1.57. The second-order valence-corrected chi connectivity index (χ2v) is 9.31. The Morgan fingerprint density at radius 3 is 2.70 bits per heavy atom. The smallest absolute Gasteiger partial charge is 0.175 e. The normalized spacial score (nSPS) is 28.8. The van der Waals surface area contributed by atoms with Crippen LogP contribution in [0, 0.1) is 0 Å². The topological polar surface area (TPSA) is 82.3 Å². The maximum Gasteiger partial charge on any atom is 0.175 e. The SMILES string of the molecule is CS(=O)(=O)c1ccc(C2CNCC(NCC3CCNS3)N2)cc1. The van der Waals surface area contributed by atoms with Crippen molar-refractivity contribution in [1.29, 1.82) is 0 Å². The van der Waals surface area contributed by atoms with Gasteiger partial charge in [0.15, 0.2) is 9.84 Å². The fraction of sp³-hybridized carbons (Fsp3) is 0.600. The van der Waals surface area contributed by atoms with Crippen molar-refractivity contribution >= 4 is 21.8 Å². The summed E-state index contributed by atoms with van der Waals surface area (Å²) in [4.78, 5) is 0.366. The van der Waals surface area contributed by atoms with E-state index in [1.165, 1.54) is 12.7 Å². The number of sulfone groups is 1. The fourth-order valence-electron chi connectivity index (χ4n) is 2.90. The van der Waals surface area contributed by atoms with Gasteiger partial charge >= 0.3 is 0 Å². The number of benzene rings is 1. The van der Waals surface area contributed by atoms with E-state index in [0.29, 0.717) is 10.1 Å². The maximum atomic E-state index is 11.5. The van der Waals surface area contributed by atoms with Gasteiger partial charge in [0.25, 0.3) is 0 Å². The molecule has 23 heavy (non-hydrogen) atoms. The van der Waals surface area contributed by atoms with E-state index in [9.17, 15) is 8.42 Å². The highest BCUT2D eigenvalue weighted by Gasteiger charge is 2.23. The van der Waals surface area contributed by atoms with Gasteiger partial charge in [-0.05, 0) is 24.1 Å². The quantitative estimate of drug-likeness (QED) is 0.563. The first-order chi connectivity index (χ1) is 11.0. The minimum Gasteiger partial charge on any atom is -0.312 e. The van der Waals surface area contributed by atoms with Gasteiger partial charge in [-0.1, -0.05) is 24.1 Å². The molecule has 0 aromatic heterocycles. The minimum atomic E-state index is -3.14. The first kappa shape index (κ1) is 17.2. The molecule has 2 aliphatic heterocycles. The first-order valence-corrected chi connectivity index (χ1v) is 10.7. The van der Waals surface area contributed by atoms with E-state index in [4.69, 9.17) is 0 Å². The van der Waals surface area contributed by atoms with Gasteiger partial charge in [-0.15, -0.1) is 0 Å². The average Bonchev–Trinajstić information content (AvgIpc) is 3.06. The lowest BCUT2D eigenvalue weighted by Gasteiger charge is -2.33. The molecule has 0 radical (unpaired) electrons. The summed E-state index contributed by atoms with van der Waals surface area (Å²) >= 11 is 1.81. The van der Waals surface area contributed by atoms with E-state index >= 15 is 0 Å². The summed E-state index contributed by atoms with van der Waals surface area (Å²) in [5.41, 5.74) is 1.10. The van der Waals surface area contributed by atoms with Gasteiger partial charge in [0.1, 0.15) is 0 Å². The van der Waals surface area contributed by atoms with Crippen LogP contribution in [-0.2, 0) is 9.84 Å². The highest BCUT2D eigenvalue weighted by Crippen LogP contribution is 2.19. The Kier molecular flexibility index (Phi) is 5.61. The molecule has 2 saturated heterocycles. The molecule has 2 fully saturated rings. The second-order valence-electron chi connectivity index (χ2n) is 6.10. The molecule has 2 aliphatic rings. The molecule has 3 atom stereocenters. The lowest BCUT2D eigenvalue weighted by atomic mass is 10.0. The Morgan fingerprint density at radius 1 is 1.26 bits per heavy atom. The van der Waals surface area contributed by atoms with Crippen molar-refractivity contribution in [1.82, 2.24) is 20.7 Å². The van der Waals surface area contributed by atoms with Crippen molar-refractivity contribution in [2.75, 3.05) is 32.4 Å². The highest BCUT2D eigenvalue weighted by molar-refractivity contribution is 7.98. The summed E-state index contributed by atoms with van der Waals surface area (Å²) in [6.45, 7) is 3.80. The molecule has 1 aromatic carbocycles. The summed E-state index contributed by atoms with van der Waals surface area (Å²) in [5.74, 6) is 0.